The summed E-state index contributed by atoms with van der Waals surface area (Å²) in [6.07, 6.45) is 0.988. The second kappa shape index (κ2) is 6.46. The van der Waals surface area contributed by atoms with E-state index in [1.165, 1.54) is 4.90 Å². The van der Waals surface area contributed by atoms with Crippen LogP contribution in [0.2, 0.25) is 0 Å². The van der Waals surface area contributed by atoms with Gasteiger partial charge in [0.15, 0.2) is 0 Å². The number of nitrogens with two attached hydrogens (primary N) is 1. The SMILES string of the molecule is Cc1ccc(NC(=O)C2(N)CCOCC2)cc1C(=O)N(C)C. The summed E-state index contributed by atoms with van der Waals surface area (Å²) in [7, 11) is 3.40. The van der Waals surface area contributed by atoms with Crippen LogP contribution in [0.3, 0.4) is 0 Å². The van der Waals surface area contributed by atoms with Gasteiger partial charge in [0.2, 0.25) is 5.91 Å². The normalized spacial score (nSPS) is 16.9. The highest BCUT2D eigenvalue weighted by atomic mass is 16.5. The minimum Gasteiger partial charge on any atom is -0.381 e. The van der Waals surface area contributed by atoms with Crippen LogP contribution in [0.4, 0.5) is 5.69 Å². The zero-order valence-corrected chi connectivity index (χ0v) is 13.3. The minimum absolute atomic E-state index is 0.0953. The molecular formula is C16H23N3O3. The molecule has 2 amide bonds. The van der Waals surface area contributed by atoms with Crippen LogP contribution in [0.5, 0.6) is 0 Å². The number of aryl methyl sites for hydroxylation is 1. The molecule has 6 heteroatoms. The average molecular weight is 305 g/mol. The van der Waals surface area contributed by atoms with Crippen LogP contribution in [0.15, 0.2) is 18.2 Å². The molecule has 1 aromatic rings. The smallest absolute Gasteiger partial charge is 0.253 e. The molecule has 0 unspecified atom stereocenters. The lowest BCUT2D eigenvalue weighted by Crippen LogP contribution is -2.54. The maximum atomic E-state index is 12.4. The van der Waals surface area contributed by atoms with E-state index in [0.717, 1.165) is 5.56 Å². The molecule has 1 saturated heterocycles. The van der Waals surface area contributed by atoms with Gasteiger partial charge in [-0.2, -0.15) is 0 Å². The molecule has 0 aliphatic carbocycles. The quantitative estimate of drug-likeness (QED) is 0.877. The van der Waals surface area contributed by atoms with Gasteiger partial charge in [-0.05, 0) is 37.5 Å². The molecule has 1 aromatic carbocycles. The molecule has 3 N–H and O–H groups in total. The topological polar surface area (TPSA) is 84.7 Å². The third-order valence-electron chi connectivity index (χ3n) is 3.97. The number of carbonyl (C=O) groups is 2. The highest BCUT2D eigenvalue weighted by molar-refractivity contribution is 6.00. The van der Waals surface area contributed by atoms with Crippen LogP contribution in [-0.4, -0.2) is 49.6 Å². The third-order valence-corrected chi connectivity index (χ3v) is 3.97. The molecule has 1 fully saturated rings. The van der Waals surface area contributed by atoms with Crippen LogP contribution >= 0.6 is 0 Å². The molecular weight excluding hydrogens is 282 g/mol. The fraction of sp³-hybridized carbons (Fsp3) is 0.500. The molecule has 1 heterocycles. The van der Waals surface area contributed by atoms with Crippen LogP contribution in [-0.2, 0) is 9.53 Å². The lowest BCUT2D eigenvalue weighted by atomic mass is 9.90. The molecule has 0 saturated carbocycles. The minimum atomic E-state index is -0.908. The van der Waals surface area contributed by atoms with Gasteiger partial charge in [-0.25, -0.2) is 0 Å². The van der Waals surface area contributed by atoms with E-state index in [1.807, 2.05) is 13.0 Å². The number of carbonyl (C=O) groups excluding carboxylic acids is 2. The summed E-state index contributed by atoms with van der Waals surface area (Å²) in [5.41, 5.74) is 7.27. The van der Waals surface area contributed by atoms with Crippen molar-refractivity contribution in [1.29, 1.82) is 0 Å². The average Bonchev–Trinajstić information content (AvgIpc) is 2.49. The van der Waals surface area contributed by atoms with Crippen molar-refractivity contribution in [3.8, 4) is 0 Å². The van der Waals surface area contributed by atoms with Gasteiger partial charge in [0, 0.05) is 38.6 Å². The van der Waals surface area contributed by atoms with Gasteiger partial charge >= 0.3 is 0 Å². The Morgan fingerprint density at radius 1 is 1.27 bits per heavy atom. The molecule has 6 nitrogen and oxygen atoms in total. The summed E-state index contributed by atoms with van der Waals surface area (Å²) < 4.78 is 5.25. The number of anilines is 1. The molecule has 0 spiro atoms. The van der Waals surface area contributed by atoms with Crippen LogP contribution < -0.4 is 11.1 Å². The number of hydrogen-bond donors (Lipinski definition) is 2. The number of benzene rings is 1. The van der Waals surface area contributed by atoms with Gasteiger partial charge in [-0.3, -0.25) is 9.59 Å². The van der Waals surface area contributed by atoms with Gasteiger partial charge < -0.3 is 20.7 Å². The molecule has 2 rings (SSSR count). The van der Waals surface area contributed by atoms with Crippen molar-refractivity contribution < 1.29 is 14.3 Å². The molecule has 0 aromatic heterocycles. The first-order valence-electron chi connectivity index (χ1n) is 7.34. The van der Waals surface area contributed by atoms with Crippen molar-refractivity contribution in [3.05, 3.63) is 29.3 Å². The maximum absolute atomic E-state index is 12.4. The zero-order chi connectivity index (χ0) is 16.3. The lowest BCUT2D eigenvalue weighted by Gasteiger charge is -2.31. The summed E-state index contributed by atoms with van der Waals surface area (Å²) in [6, 6.07) is 5.29. The van der Waals surface area contributed by atoms with Gasteiger partial charge in [-0.1, -0.05) is 6.07 Å². The largest absolute Gasteiger partial charge is 0.381 e. The second-order valence-corrected chi connectivity index (χ2v) is 5.95. The van der Waals surface area contributed by atoms with Crippen molar-refractivity contribution >= 4 is 17.5 Å². The summed E-state index contributed by atoms with van der Waals surface area (Å²) in [5, 5.41) is 2.82. The van der Waals surface area contributed by atoms with Gasteiger partial charge in [0.25, 0.3) is 5.91 Å². The first-order chi connectivity index (χ1) is 10.3. The number of nitrogens with zero attached hydrogens (tertiary/aromatic N) is 1. The monoisotopic (exact) mass is 305 g/mol. The zero-order valence-electron chi connectivity index (χ0n) is 13.3. The standard InChI is InChI=1S/C16H23N3O3/c1-11-4-5-12(10-13(11)14(20)19(2)3)18-15(21)16(17)6-8-22-9-7-16/h4-5,10H,6-9,17H2,1-3H3,(H,18,21). The van der Waals surface area contributed by atoms with Gasteiger partial charge in [-0.15, -0.1) is 0 Å². The molecule has 22 heavy (non-hydrogen) atoms. The summed E-state index contributed by atoms with van der Waals surface area (Å²) >= 11 is 0. The summed E-state index contributed by atoms with van der Waals surface area (Å²) in [5.74, 6) is -0.329. The van der Waals surface area contributed by atoms with Crippen molar-refractivity contribution in [2.45, 2.75) is 25.3 Å². The van der Waals surface area contributed by atoms with E-state index in [-0.39, 0.29) is 11.8 Å². The summed E-state index contributed by atoms with van der Waals surface area (Å²) in [4.78, 5) is 26.1. The van der Waals surface area contributed by atoms with Crippen LogP contribution in [0.25, 0.3) is 0 Å². The Kier molecular flexibility index (Phi) is 4.83. The molecule has 1 aliphatic heterocycles. The first kappa shape index (κ1) is 16.5. The van der Waals surface area contributed by atoms with Gasteiger partial charge in [0.05, 0.1) is 0 Å². The van der Waals surface area contributed by atoms with E-state index in [2.05, 4.69) is 5.32 Å². The predicted octanol–water partition coefficient (Wildman–Crippen LogP) is 1.14. The maximum Gasteiger partial charge on any atom is 0.253 e. The lowest BCUT2D eigenvalue weighted by molar-refractivity contribution is -0.124. The van der Waals surface area contributed by atoms with Gasteiger partial charge in [0.1, 0.15) is 5.54 Å². The number of amides is 2. The highest BCUT2D eigenvalue weighted by Crippen LogP contribution is 2.22. The Balaban J connectivity index is 2.18. The Morgan fingerprint density at radius 3 is 2.50 bits per heavy atom. The Morgan fingerprint density at radius 2 is 1.91 bits per heavy atom. The fourth-order valence-corrected chi connectivity index (χ4v) is 2.39. The van der Waals surface area contributed by atoms with Crippen LogP contribution in [0, 0.1) is 6.92 Å². The van der Waals surface area contributed by atoms with E-state index in [9.17, 15) is 9.59 Å². The Labute approximate surface area is 130 Å². The molecule has 120 valence electrons. The molecule has 0 atom stereocenters. The van der Waals surface area contributed by atoms with Crippen molar-refractivity contribution in [3.63, 3.8) is 0 Å². The van der Waals surface area contributed by atoms with Crippen LogP contribution in [0.1, 0.15) is 28.8 Å². The Hall–Kier alpha value is -1.92. The number of ether oxygens (including phenoxy) is 1. The van der Waals surface area contributed by atoms with Crippen molar-refractivity contribution in [2.75, 3.05) is 32.6 Å². The van der Waals surface area contributed by atoms with E-state index in [4.69, 9.17) is 10.5 Å². The highest BCUT2D eigenvalue weighted by Gasteiger charge is 2.36. The second-order valence-electron chi connectivity index (χ2n) is 5.95. The van der Waals surface area contributed by atoms with Crippen molar-refractivity contribution in [1.82, 2.24) is 4.90 Å². The van der Waals surface area contributed by atoms with Crippen molar-refractivity contribution in [2.24, 2.45) is 5.73 Å². The van der Waals surface area contributed by atoms with E-state index >= 15 is 0 Å². The Bertz CT molecular complexity index is 578. The number of rotatable bonds is 3. The summed E-state index contributed by atoms with van der Waals surface area (Å²) in [6.45, 7) is 2.84. The third kappa shape index (κ3) is 3.45. The first-order valence-corrected chi connectivity index (χ1v) is 7.34. The molecule has 0 bridgehead atoms. The molecule has 1 aliphatic rings. The van der Waals surface area contributed by atoms with E-state index in [0.29, 0.717) is 37.3 Å². The molecule has 0 radical (unpaired) electrons. The number of nitrogens with one attached hydrogen (secondary N) is 1. The van der Waals surface area contributed by atoms with E-state index < -0.39 is 5.54 Å². The number of hydrogen-bond acceptors (Lipinski definition) is 4. The fourth-order valence-electron chi connectivity index (χ4n) is 2.39. The van der Waals surface area contributed by atoms with E-state index in [1.54, 1.807) is 26.2 Å². The predicted molar refractivity (Wildman–Crippen MR) is 84.8 cm³/mol.